The maximum absolute atomic E-state index is 9.47. The molecule has 1 heterocycles. The molecule has 0 amide bonds. The summed E-state index contributed by atoms with van der Waals surface area (Å²) in [5.41, 5.74) is 7.68. The number of piperidine rings is 1. The smallest absolute Gasteiger partial charge is 0.114 e. The molecule has 1 atom stereocenters. The van der Waals surface area contributed by atoms with Crippen LogP contribution in [0.3, 0.4) is 0 Å². The van der Waals surface area contributed by atoms with Gasteiger partial charge in [0.15, 0.2) is 0 Å². The minimum atomic E-state index is 0.00919. The lowest BCUT2D eigenvalue weighted by Gasteiger charge is -2.44. The molecule has 1 aliphatic carbocycles. The van der Waals surface area contributed by atoms with E-state index in [4.69, 9.17) is 11.6 Å². The molecule has 0 aromatic carbocycles. The van der Waals surface area contributed by atoms with E-state index < -0.39 is 0 Å². The maximum Gasteiger partial charge on any atom is 0.114 e. The second-order valence-electron chi connectivity index (χ2n) is 13.8. The molecule has 0 radical (unpaired) electrons. The number of aliphatic hydroxyl groups excluding tert-OH is 1. The van der Waals surface area contributed by atoms with Crippen LogP contribution in [0.2, 0.25) is 0 Å². The second-order valence-corrected chi connectivity index (χ2v) is 14.2. The van der Waals surface area contributed by atoms with Crippen molar-refractivity contribution in [2.75, 3.05) is 13.2 Å². The van der Waals surface area contributed by atoms with Gasteiger partial charge < -0.3 is 15.3 Å². The lowest BCUT2D eigenvalue weighted by Crippen LogP contribution is -2.89. The summed E-state index contributed by atoms with van der Waals surface area (Å²) in [7, 11) is 0. The molecular formula is C48H84ClN2O+. The number of nitrogens with zero attached hydrogens (tertiary/aromatic N) is 1. The number of rotatable bonds is 14. The molecule has 2 rings (SSSR count). The van der Waals surface area contributed by atoms with Crippen LogP contribution < -0.4 is 5.32 Å². The Morgan fingerprint density at radius 1 is 0.981 bits per heavy atom. The van der Waals surface area contributed by atoms with Gasteiger partial charge >= 0.3 is 0 Å². The van der Waals surface area contributed by atoms with Crippen LogP contribution in [0.1, 0.15) is 155 Å². The molecule has 4 heteroatoms. The Morgan fingerprint density at radius 3 is 2.15 bits per heavy atom. The molecule has 298 valence electrons. The van der Waals surface area contributed by atoms with Crippen LogP contribution in [0, 0.1) is 10.8 Å². The van der Waals surface area contributed by atoms with E-state index in [1.807, 2.05) is 67.5 Å². The van der Waals surface area contributed by atoms with E-state index >= 15 is 0 Å². The molecule has 1 saturated heterocycles. The first kappa shape index (κ1) is 53.8. The number of hydrogen-bond donors (Lipinski definition) is 2. The Labute approximate surface area is 329 Å². The average molecular weight is 741 g/mol. The van der Waals surface area contributed by atoms with E-state index in [0.29, 0.717) is 0 Å². The number of aliphatic hydroxyl groups is 1. The zero-order valence-corrected chi connectivity index (χ0v) is 37.5. The van der Waals surface area contributed by atoms with Crippen molar-refractivity contribution in [3.05, 3.63) is 119 Å². The van der Waals surface area contributed by atoms with Gasteiger partial charge in [0, 0.05) is 41.9 Å². The van der Waals surface area contributed by atoms with Crippen molar-refractivity contribution in [1.29, 1.82) is 0 Å². The highest BCUT2D eigenvalue weighted by molar-refractivity contribution is 6.32. The molecular weight excluding hydrogens is 656 g/mol. The summed E-state index contributed by atoms with van der Waals surface area (Å²) in [4.78, 5) is 2.44. The van der Waals surface area contributed by atoms with Gasteiger partial charge in [0.2, 0.25) is 0 Å². The lowest BCUT2D eigenvalue weighted by atomic mass is 9.74. The molecule has 52 heavy (non-hydrogen) atoms. The molecule has 0 bridgehead atoms. The van der Waals surface area contributed by atoms with E-state index in [1.165, 1.54) is 33.8 Å². The van der Waals surface area contributed by atoms with Gasteiger partial charge in [0.05, 0.1) is 0 Å². The van der Waals surface area contributed by atoms with Crippen LogP contribution in [-0.4, -0.2) is 29.2 Å². The number of unbranched alkanes of at least 4 members (excludes halogenated alkanes) is 1. The van der Waals surface area contributed by atoms with Crippen molar-refractivity contribution in [2.24, 2.45) is 10.8 Å². The van der Waals surface area contributed by atoms with Gasteiger partial charge in [-0.3, -0.25) is 0 Å². The summed E-state index contributed by atoms with van der Waals surface area (Å²) in [6, 6.07) is 0.289. The van der Waals surface area contributed by atoms with E-state index in [0.717, 1.165) is 62.9 Å². The summed E-state index contributed by atoms with van der Waals surface area (Å²) in [6.45, 7) is 40.8. The third-order valence-corrected chi connectivity index (χ3v) is 8.90. The van der Waals surface area contributed by atoms with E-state index in [2.05, 4.69) is 127 Å². The molecule has 3 N–H and O–H groups in total. The van der Waals surface area contributed by atoms with E-state index in [1.54, 1.807) is 0 Å². The molecule has 1 fully saturated rings. The molecule has 0 spiro atoms. The quantitative estimate of drug-likeness (QED) is 0.106. The van der Waals surface area contributed by atoms with Crippen molar-refractivity contribution < 1.29 is 10.4 Å². The zero-order valence-electron chi connectivity index (χ0n) is 36.8. The van der Waals surface area contributed by atoms with Crippen LogP contribution in [0.15, 0.2) is 119 Å². The monoisotopic (exact) mass is 740 g/mol. The maximum atomic E-state index is 9.47. The van der Waals surface area contributed by atoms with Crippen LogP contribution in [0.25, 0.3) is 0 Å². The Hall–Kier alpha value is -2.59. The normalized spacial score (nSPS) is 19.7. The van der Waals surface area contributed by atoms with Gasteiger partial charge in [-0.25, -0.2) is 0 Å². The van der Waals surface area contributed by atoms with Crippen molar-refractivity contribution in [2.45, 2.75) is 161 Å². The number of quaternary nitrogens is 1. The first-order valence-electron chi connectivity index (χ1n) is 20.6. The summed E-state index contributed by atoms with van der Waals surface area (Å²) < 4.78 is 0. The highest BCUT2D eigenvalue weighted by atomic mass is 35.5. The Bertz CT molecular complexity index is 1230. The van der Waals surface area contributed by atoms with Crippen molar-refractivity contribution in [1.82, 2.24) is 4.90 Å². The van der Waals surface area contributed by atoms with Crippen LogP contribution in [0.4, 0.5) is 0 Å². The zero-order chi connectivity index (χ0) is 40.8. The summed E-state index contributed by atoms with van der Waals surface area (Å²) in [5.74, 6) is 0. The van der Waals surface area contributed by atoms with Gasteiger partial charge in [-0.15, -0.1) is 6.58 Å². The molecule has 1 aliphatic heterocycles. The number of nitrogens with two attached hydrogens (primary N) is 1. The molecule has 1 unspecified atom stereocenters. The molecule has 2 aliphatic rings. The van der Waals surface area contributed by atoms with Gasteiger partial charge in [-0.1, -0.05) is 158 Å². The van der Waals surface area contributed by atoms with Crippen molar-refractivity contribution in [3.8, 4) is 0 Å². The fraction of sp³-hybridized carbons (Fsp3) is 0.583. The van der Waals surface area contributed by atoms with Crippen LogP contribution >= 0.6 is 11.6 Å². The summed E-state index contributed by atoms with van der Waals surface area (Å²) in [5, 5.41) is 12.7. The van der Waals surface area contributed by atoms with E-state index in [-0.39, 0.29) is 23.5 Å². The SMILES string of the molecule is C=C/C=C1\C(=C/CC)C(C)(C)C/C(=C\C=C2/CCCC(/C=C/C([NH2+]/C(C)=C/C=C\CC=C)C(C)(C)C)=C2Cl)N1CCCCO.CC.CC.CC.CC. The third kappa shape index (κ3) is 20.0. The number of halogens is 1. The standard InChI is InChI=1S/C40H59ClN2O.4C2H6/c1-10-13-14-15-21-31(4)42-37(39(5,6)7)27-25-33-23-18-22-32(38(33)41)24-26-34-30-40(8,9)35(19-11-2)36(20-12-3)43(34)28-16-17-29-44;4*1-2/h10,12,14-15,19-21,24-27,37,42,44H,1,3,11,13,16-18,22-23,28-30H2,2,4-9H3;4*1-2H3/p+1/b15-14-,27-25+,31-21+,32-24+,34-26+,35-19+,36-20+;;;;. The topological polar surface area (TPSA) is 40.1 Å². The lowest BCUT2D eigenvalue weighted by molar-refractivity contribution is -0.645. The van der Waals surface area contributed by atoms with E-state index in [9.17, 15) is 5.11 Å². The van der Waals surface area contributed by atoms with Gasteiger partial charge in [0.1, 0.15) is 11.7 Å². The first-order valence-corrected chi connectivity index (χ1v) is 21.0. The molecule has 0 aromatic heterocycles. The second kappa shape index (κ2) is 31.9. The third-order valence-electron chi connectivity index (χ3n) is 8.42. The Morgan fingerprint density at radius 2 is 1.62 bits per heavy atom. The minimum absolute atomic E-state index is 0.00919. The largest absolute Gasteiger partial charge is 0.396 e. The van der Waals surface area contributed by atoms with Crippen molar-refractivity contribution in [3.63, 3.8) is 0 Å². The summed E-state index contributed by atoms with van der Waals surface area (Å²) in [6.07, 6.45) is 31.5. The number of hydrogen-bond acceptors (Lipinski definition) is 2. The van der Waals surface area contributed by atoms with Crippen molar-refractivity contribution >= 4 is 11.6 Å². The number of allylic oxidation sites excluding steroid dienone is 16. The first-order chi connectivity index (χ1) is 24.9. The fourth-order valence-corrected chi connectivity index (χ4v) is 6.23. The highest BCUT2D eigenvalue weighted by Crippen LogP contribution is 2.46. The fourth-order valence-electron chi connectivity index (χ4n) is 5.91. The molecule has 3 nitrogen and oxygen atoms in total. The highest BCUT2D eigenvalue weighted by Gasteiger charge is 2.36. The summed E-state index contributed by atoms with van der Waals surface area (Å²) >= 11 is 7.12. The van der Waals surface area contributed by atoms with Gasteiger partial charge in [0.25, 0.3) is 0 Å². The Balaban J connectivity index is -0.00000280. The average Bonchev–Trinajstić information content (AvgIpc) is 3.14. The number of likely N-dealkylation sites (tertiary alicyclic amines) is 1. The van der Waals surface area contributed by atoms with Crippen LogP contribution in [-0.2, 0) is 0 Å². The predicted molar refractivity (Wildman–Crippen MR) is 238 cm³/mol. The molecule has 0 saturated carbocycles. The Kier molecular flexibility index (Phi) is 33.0. The van der Waals surface area contributed by atoms with Gasteiger partial charge in [-0.05, 0) is 97.8 Å². The predicted octanol–water partition coefficient (Wildman–Crippen LogP) is 14.1. The van der Waals surface area contributed by atoms with Gasteiger partial charge in [-0.2, -0.15) is 0 Å². The van der Waals surface area contributed by atoms with Crippen LogP contribution in [0.5, 0.6) is 0 Å². The minimum Gasteiger partial charge on any atom is -0.396 e. The molecule has 0 aromatic rings.